The number of likely N-dealkylation sites (tertiary alicyclic amines) is 1. The summed E-state index contributed by atoms with van der Waals surface area (Å²) < 4.78 is 6.28. The molecule has 154 valence electrons. The number of carbonyl (C=O) groups excluding carboxylic acids is 1. The SMILES string of the molecule is Cc1ncc2c(n1)C1(CCN(C(=O)c3cn[nH]c3C3CCCCC3)CC1)OCC2. The van der Waals surface area contributed by atoms with Gasteiger partial charge in [0.05, 0.1) is 29.8 Å². The Morgan fingerprint density at radius 1 is 1.21 bits per heavy atom. The van der Waals surface area contributed by atoms with E-state index < -0.39 is 0 Å². The summed E-state index contributed by atoms with van der Waals surface area (Å²) >= 11 is 0. The number of aryl methyl sites for hydroxylation is 1. The lowest BCUT2D eigenvalue weighted by molar-refractivity contribution is -0.0969. The Morgan fingerprint density at radius 3 is 2.79 bits per heavy atom. The van der Waals surface area contributed by atoms with Gasteiger partial charge in [-0.25, -0.2) is 9.97 Å². The zero-order valence-corrected chi connectivity index (χ0v) is 17.1. The number of hydrogen-bond donors (Lipinski definition) is 1. The van der Waals surface area contributed by atoms with Gasteiger partial charge in [0.15, 0.2) is 0 Å². The van der Waals surface area contributed by atoms with Crippen LogP contribution >= 0.6 is 0 Å². The van der Waals surface area contributed by atoms with Crippen molar-refractivity contribution >= 4 is 5.91 Å². The molecule has 0 bridgehead atoms. The average Bonchev–Trinajstić information content (AvgIpc) is 3.25. The van der Waals surface area contributed by atoms with Gasteiger partial charge in [-0.1, -0.05) is 19.3 Å². The van der Waals surface area contributed by atoms with Crippen LogP contribution in [0.2, 0.25) is 0 Å². The number of hydrogen-bond acceptors (Lipinski definition) is 5. The molecule has 2 aromatic heterocycles. The van der Waals surface area contributed by atoms with E-state index in [1.165, 1.54) is 24.8 Å². The molecule has 1 N–H and O–H groups in total. The van der Waals surface area contributed by atoms with Crippen LogP contribution in [0.4, 0.5) is 0 Å². The highest BCUT2D eigenvalue weighted by molar-refractivity contribution is 5.95. The lowest BCUT2D eigenvalue weighted by atomic mass is 9.82. The van der Waals surface area contributed by atoms with E-state index in [1.807, 2.05) is 18.0 Å². The monoisotopic (exact) mass is 395 g/mol. The normalized spacial score (nSPS) is 21.9. The molecule has 1 saturated carbocycles. The molecule has 0 aromatic carbocycles. The number of amides is 1. The van der Waals surface area contributed by atoms with E-state index in [9.17, 15) is 4.79 Å². The van der Waals surface area contributed by atoms with Crippen molar-refractivity contribution in [3.05, 3.63) is 40.7 Å². The summed E-state index contributed by atoms with van der Waals surface area (Å²) in [5, 5.41) is 7.35. The highest BCUT2D eigenvalue weighted by Gasteiger charge is 2.43. The molecular weight excluding hydrogens is 366 g/mol. The van der Waals surface area contributed by atoms with Gasteiger partial charge in [0.25, 0.3) is 5.91 Å². The molecular formula is C22H29N5O2. The van der Waals surface area contributed by atoms with Crippen molar-refractivity contribution in [1.82, 2.24) is 25.1 Å². The molecule has 29 heavy (non-hydrogen) atoms. The summed E-state index contributed by atoms with van der Waals surface area (Å²) in [7, 11) is 0. The van der Waals surface area contributed by atoms with Gasteiger partial charge < -0.3 is 9.64 Å². The highest BCUT2D eigenvalue weighted by Crippen LogP contribution is 2.41. The smallest absolute Gasteiger partial charge is 0.257 e. The number of ether oxygens (including phenoxy) is 1. The number of aromatic amines is 1. The van der Waals surface area contributed by atoms with E-state index in [4.69, 9.17) is 9.72 Å². The zero-order valence-electron chi connectivity index (χ0n) is 17.1. The van der Waals surface area contributed by atoms with E-state index in [0.717, 1.165) is 54.9 Å². The van der Waals surface area contributed by atoms with Crippen LogP contribution in [0.3, 0.4) is 0 Å². The Balaban J connectivity index is 1.33. The van der Waals surface area contributed by atoms with Crippen LogP contribution in [0.25, 0.3) is 0 Å². The van der Waals surface area contributed by atoms with Gasteiger partial charge >= 0.3 is 0 Å². The Labute approximate surface area is 171 Å². The molecule has 5 rings (SSSR count). The molecule has 0 unspecified atom stereocenters. The third kappa shape index (κ3) is 3.35. The zero-order chi connectivity index (χ0) is 19.8. The first-order valence-corrected chi connectivity index (χ1v) is 11.0. The van der Waals surface area contributed by atoms with Crippen LogP contribution in [0.1, 0.15) is 84.0 Å². The van der Waals surface area contributed by atoms with Gasteiger partial charge in [-0.15, -0.1) is 0 Å². The molecule has 0 atom stereocenters. The van der Waals surface area contributed by atoms with Gasteiger partial charge in [-0.2, -0.15) is 5.10 Å². The molecule has 3 aliphatic rings. The fraction of sp³-hybridized carbons (Fsp3) is 0.636. The number of nitrogens with zero attached hydrogens (tertiary/aromatic N) is 4. The maximum Gasteiger partial charge on any atom is 0.257 e. The number of carbonyl (C=O) groups is 1. The Hall–Kier alpha value is -2.28. The van der Waals surface area contributed by atoms with Crippen LogP contribution in [0.5, 0.6) is 0 Å². The molecule has 0 radical (unpaired) electrons. The lowest BCUT2D eigenvalue weighted by Crippen LogP contribution is -2.49. The third-order valence-electron chi connectivity index (χ3n) is 6.94. The third-order valence-corrected chi connectivity index (χ3v) is 6.94. The Bertz CT molecular complexity index is 894. The minimum atomic E-state index is -0.374. The first-order valence-electron chi connectivity index (χ1n) is 11.0. The number of fused-ring (bicyclic) bond motifs is 2. The van der Waals surface area contributed by atoms with Crippen LogP contribution in [0.15, 0.2) is 12.4 Å². The van der Waals surface area contributed by atoms with Crippen molar-refractivity contribution in [2.45, 2.75) is 69.8 Å². The predicted molar refractivity (Wildman–Crippen MR) is 108 cm³/mol. The maximum absolute atomic E-state index is 13.3. The molecule has 1 amide bonds. The van der Waals surface area contributed by atoms with E-state index in [0.29, 0.717) is 25.6 Å². The summed E-state index contributed by atoms with van der Waals surface area (Å²) in [5.74, 6) is 1.32. The standard InChI is InChI=1S/C22H29N5O2/c1-15-23-13-17-7-12-29-22(20(17)25-15)8-10-27(11-9-22)21(28)18-14-24-26-19(18)16-5-3-2-4-6-16/h13-14,16H,2-12H2,1H3,(H,24,26). The van der Waals surface area contributed by atoms with Crippen molar-refractivity contribution in [2.24, 2.45) is 0 Å². The van der Waals surface area contributed by atoms with E-state index >= 15 is 0 Å². The summed E-state index contributed by atoms with van der Waals surface area (Å²) in [6.45, 7) is 3.97. The molecule has 7 nitrogen and oxygen atoms in total. The van der Waals surface area contributed by atoms with Gasteiger partial charge in [0, 0.05) is 25.2 Å². The van der Waals surface area contributed by atoms with Gasteiger partial charge in [0.2, 0.25) is 0 Å². The van der Waals surface area contributed by atoms with E-state index in [-0.39, 0.29) is 11.5 Å². The van der Waals surface area contributed by atoms with Crippen molar-refractivity contribution in [3.63, 3.8) is 0 Å². The number of nitrogens with one attached hydrogen (secondary N) is 1. The lowest BCUT2D eigenvalue weighted by Gasteiger charge is -2.44. The van der Waals surface area contributed by atoms with Crippen molar-refractivity contribution < 1.29 is 9.53 Å². The van der Waals surface area contributed by atoms with Crippen molar-refractivity contribution in [2.75, 3.05) is 19.7 Å². The Kier molecular flexibility index (Phi) is 4.86. The maximum atomic E-state index is 13.3. The quantitative estimate of drug-likeness (QED) is 0.844. The van der Waals surface area contributed by atoms with Crippen LogP contribution in [-0.4, -0.2) is 50.7 Å². The molecule has 1 aliphatic carbocycles. The fourth-order valence-electron chi connectivity index (χ4n) is 5.29. The molecule has 1 spiro atoms. The molecule has 4 heterocycles. The van der Waals surface area contributed by atoms with Gasteiger partial charge in [0.1, 0.15) is 11.4 Å². The summed E-state index contributed by atoms with van der Waals surface area (Å²) in [4.78, 5) is 24.4. The number of rotatable bonds is 2. The minimum Gasteiger partial charge on any atom is -0.368 e. The fourth-order valence-corrected chi connectivity index (χ4v) is 5.29. The second-order valence-electron chi connectivity index (χ2n) is 8.71. The highest BCUT2D eigenvalue weighted by atomic mass is 16.5. The van der Waals surface area contributed by atoms with Crippen molar-refractivity contribution in [3.8, 4) is 0 Å². The second-order valence-corrected chi connectivity index (χ2v) is 8.71. The summed E-state index contributed by atoms with van der Waals surface area (Å²) in [5.41, 5.74) is 3.65. The van der Waals surface area contributed by atoms with E-state index in [1.54, 1.807) is 6.20 Å². The number of piperidine rings is 1. The number of aromatic nitrogens is 4. The molecule has 2 aromatic rings. The summed E-state index contributed by atoms with van der Waals surface area (Å²) in [6.07, 6.45) is 12.2. The predicted octanol–water partition coefficient (Wildman–Crippen LogP) is 3.26. The second kappa shape index (κ2) is 7.52. The molecule has 1 saturated heterocycles. The van der Waals surface area contributed by atoms with Crippen LogP contribution in [-0.2, 0) is 16.8 Å². The number of H-pyrrole nitrogens is 1. The Morgan fingerprint density at radius 2 is 2.00 bits per heavy atom. The average molecular weight is 396 g/mol. The van der Waals surface area contributed by atoms with Gasteiger partial charge in [-0.3, -0.25) is 9.89 Å². The van der Waals surface area contributed by atoms with Crippen LogP contribution < -0.4 is 0 Å². The summed E-state index contributed by atoms with van der Waals surface area (Å²) in [6, 6.07) is 0. The van der Waals surface area contributed by atoms with E-state index in [2.05, 4.69) is 15.2 Å². The minimum absolute atomic E-state index is 0.101. The van der Waals surface area contributed by atoms with Crippen molar-refractivity contribution in [1.29, 1.82) is 0 Å². The first-order chi connectivity index (χ1) is 14.2. The van der Waals surface area contributed by atoms with Crippen LogP contribution in [0, 0.1) is 6.92 Å². The topological polar surface area (TPSA) is 84.0 Å². The largest absolute Gasteiger partial charge is 0.368 e. The van der Waals surface area contributed by atoms with Gasteiger partial charge in [-0.05, 0) is 44.6 Å². The molecule has 2 fully saturated rings. The molecule has 7 heteroatoms. The first kappa shape index (κ1) is 18.7. The molecule has 2 aliphatic heterocycles.